The summed E-state index contributed by atoms with van der Waals surface area (Å²) in [5.74, 6) is 2.11. The molecule has 0 fully saturated rings. The van der Waals surface area contributed by atoms with Gasteiger partial charge in [-0.3, -0.25) is 0 Å². The van der Waals surface area contributed by atoms with Crippen LogP contribution in [0, 0.1) is 0 Å². The molecule has 2 rings (SSSR count). The number of hydrogen-bond donors (Lipinski definition) is 2. The highest BCUT2D eigenvalue weighted by Gasteiger charge is 2.06. The summed E-state index contributed by atoms with van der Waals surface area (Å²) in [5.41, 5.74) is 1.74. The molecule has 25 heavy (non-hydrogen) atoms. The number of methoxy groups -OCH3 is 2. The van der Waals surface area contributed by atoms with Gasteiger partial charge < -0.3 is 24.8 Å². The van der Waals surface area contributed by atoms with E-state index in [0.29, 0.717) is 36.8 Å². The average molecular weight is 344 g/mol. The molecule has 0 bridgehead atoms. The highest BCUT2D eigenvalue weighted by atomic mass is 16.5. The van der Waals surface area contributed by atoms with Crippen molar-refractivity contribution in [3.8, 4) is 17.2 Å². The van der Waals surface area contributed by atoms with Crippen LogP contribution in [0.5, 0.6) is 17.2 Å². The fourth-order valence-electron chi connectivity index (χ4n) is 2.34. The Hall–Kier alpha value is -2.89. The highest BCUT2D eigenvalue weighted by Crippen LogP contribution is 2.28. The van der Waals surface area contributed by atoms with Crippen LogP contribution in [0.25, 0.3) is 0 Å². The molecular formula is C19H24N2O4. The maximum Gasteiger partial charge on any atom is 0.319 e. The maximum atomic E-state index is 12.0. The normalized spacial score (nSPS) is 10.0. The topological polar surface area (TPSA) is 68.8 Å². The predicted octanol–water partition coefficient (Wildman–Crippen LogP) is 3.47. The Bertz CT molecular complexity index is 704. The number of hydrogen-bond acceptors (Lipinski definition) is 4. The Morgan fingerprint density at radius 2 is 1.88 bits per heavy atom. The Kier molecular flexibility index (Phi) is 6.95. The van der Waals surface area contributed by atoms with Crippen LogP contribution in [0.15, 0.2) is 42.5 Å². The molecule has 0 atom stereocenters. The summed E-state index contributed by atoms with van der Waals surface area (Å²) in [5, 5.41) is 5.61. The lowest BCUT2D eigenvalue weighted by atomic mass is 10.1. The van der Waals surface area contributed by atoms with Crippen molar-refractivity contribution >= 4 is 11.7 Å². The van der Waals surface area contributed by atoms with Crippen LogP contribution in [-0.2, 0) is 6.42 Å². The number of anilines is 1. The van der Waals surface area contributed by atoms with E-state index in [4.69, 9.17) is 14.2 Å². The van der Waals surface area contributed by atoms with Gasteiger partial charge in [-0.15, -0.1) is 0 Å². The number of amides is 2. The van der Waals surface area contributed by atoms with Crippen molar-refractivity contribution in [2.45, 2.75) is 13.3 Å². The van der Waals surface area contributed by atoms with Crippen LogP contribution < -0.4 is 24.8 Å². The Labute approximate surface area is 148 Å². The fraction of sp³-hybridized carbons (Fsp3) is 0.316. The van der Waals surface area contributed by atoms with Gasteiger partial charge in [0.05, 0.1) is 20.8 Å². The first-order chi connectivity index (χ1) is 12.2. The minimum absolute atomic E-state index is 0.258. The molecule has 0 saturated carbocycles. The van der Waals surface area contributed by atoms with Crippen LogP contribution in [0.2, 0.25) is 0 Å². The molecule has 0 aromatic heterocycles. The number of nitrogens with one attached hydrogen (secondary N) is 2. The number of ether oxygens (including phenoxy) is 3. The third-order valence-corrected chi connectivity index (χ3v) is 3.55. The molecule has 0 aliphatic heterocycles. The van der Waals surface area contributed by atoms with Gasteiger partial charge in [0.25, 0.3) is 0 Å². The summed E-state index contributed by atoms with van der Waals surface area (Å²) in [6.07, 6.45) is 0.689. The van der Waals surface area contributed by atoms with Crippen LogP contribution in [0.1, 0.15) is 12.5 Å². The molecule has 0 radical (unpaired) electrons. The molecule has 2 aromatic rings. The Morgan fingerprint density at radius 1 is 1.04 bits per heavy atom. The zero-order valence-corrected chi connectivity index (χ0v) is 14.8. The summed E-state index contributed by atoms with van der Waals surface area (Å²) < 4.78 is 16.0. The lowest BCUT2D eigenvalue weighted by Crippen LogP contribution is -2.30. The SMILES string of the molecule is CCOc1ccc(CCNC(=O)Nc2cccc(OC)c2)cc1OC. The second-order valence-corrected chi connectivity index (χ2v) is 5.28. The average Bonchev–Trinajstić information content (AvgIpc) is 2.63. The van der Waals surface area contributed by atoms with E-state index in [0.717, 1.165) is 11.3 Å². The second kappa shape index (κ2) is 9.42. The summed E-state index contributed by atoms with van der Waals surface area (Å²) in [7, 11) is 3.20. The van der Waals surface area contributed by atoms with Gasteiger partial charge in [-0.2, -0.15) is 0 Å². The first kappa shape index (κ1) is 18.4. The quantitative estimate of drug-likeness (QED) is 0.769. The van der Waals surface area contributed by atoms with E-state index in [1.165, 1.54) is 0 Å². The van der Waals surface area contributed by atoms with Gasteiger partial charge in [0, 0.05) is 18.3 Å². The fourth-order valence-corrected chi connectivity index (χ4v) is 2.34. The van der Waals surface area contributed by atoms with Gasteiger partial charge >= 0.3 is 6.03 Å². The van der Waals surface area contributed by atoms with Crippen molar-refractivity contribution in [1.82, 2.24) is 5.32 Å². The minimum Gasteiger partial charge on any atom is -0.497 e. The van der Waals surface area contributed by atoms with Gasteiger partial charge in [0.2, 0.25) is 0 Å². The molecule has 6 nitrogen and oxygen atoms in total. The summed E-state index contributed by atoms with van der Waals surface area (Å²) in [4.78, 5) is 12.0. The van der Waals surface area contributed by atoms with E-state index in [9.17, 15) is 4.79 Å². The third-order valence-electron chi connectivity index (χ3n) is 3.55. The van der Waals surface area contributed by atoms with Gasteiger partial charge in [-0.05, 0) is 43.2 Å². The van der Waals surface area contributed by atoms with E-state index in [1.807, 2.05) is 37.3 Å². The third kappa shape index (κ3) is 5.60. The summed E-state index contributed by atoms with van der Waals surface area (Å²) in [6.45, 7) is 3.02. The standard InChI is InChI=1S/C19H24N2O4/c1-4-25-17-9-8-14(12-18(17)24-3)10-11-20-19(22)21-15-6-5-7-16(13-15)23-2/h5-9,12-13H,4,10-11H2,1-3H3,(H2,20,21,22). The van der Waals surface area contributed by atoms with Crippen LogP contribution in [-0.4, -0.2) is 33.4 Å². The van der Waals surface area contributed by atoms with E-state index >= 15 is 0 Å². The minimum atomic E-state index is -0.258. The Balaban J connectivity index is 1.84. The number of urea groups is 1. The predicted molar refractivity (Wildman–Crippen MR) is 97.9 cm³/mol. The zero-order valence-electron chi connectivity index (χ0n) is 14.8. The maximum absolute atomic E-state index is 12.0. The number of benzene rings is 2. The highest BCUT2D eigenvalue weighted by molar-refractivity contribution is 5.89. The lowest BCUT2D eigenvalue weighted by Gasteiger charge is -2.12. The number of carbonyl (C=O) groups excluding carboxylic acids is 1. The van der Waals surface area contributed by atoms with Crippen LogP contribution >= 0.6 is 0 Å². The molecule has 0 unspecified atom stereocenters. The van der Waals surface area contributed by atoms with Crippen molar-refractivity contribution < 1.29 is 19.0 Å². The van der Waals surface area contributed by atoms with Gasteiger partial charge in [-0.1, -0.05) is 12.1 Å². The molecule has 0 aliphatic carbocycles. The van der Waals surface area contributed by atoms with Crippen molar-refractivity contribution in [3.63, 3.8) is 0 Å². The first-order valence-corrected chi connectivity index (χ1v) is 8.15. The number of carbonyl (C=O) groups is 1. The van der Waals surface area contributed by atoms with Gasteiger partial charge in [0.1, 0.15) is 5.75 Å². The summed E-state index contributed by atoms with van der Waals surface area (Å²) >= 11 is 0. The zero-order chi connectivity index (χ0) is 18.1. The number of rotatable bonds is 8. The van der Waals surface area contributed by atoms with Crippen molar-refractivity contribution in [3.05, 3.63) is 48.0 Å². The second-order valence-electron chi connectivity index (χ2n) is 5.28. The molecule has 0 saturated heterocycles. The molecule has 0 spiro atoms. The molecular weight excluding hydrogens is 320 g/mol. The van der Waals surface area contributed by atoms with E-state index in [-0.39, 0.29) is 6.03 Å². The van der Waals surface area contributed by atoms with Crippen molar-refractivity contribution in [1.29, 1.82) is 0 Å². The largest absolute Gasteiger partial charge is 0.497 e. The van der Waals surface area contributed by atoms with Crippen molar-refractivity contribution in [2.75, 3.05) is 32.7 Å². The van der Waals surface area contributed by atoms with Crippen LogP contribution in [0.4, 0.5) is 10.5 Å². The van der Waals surface area contributed by atoms with E-state index in [1.54, 1.807) is 26.4 Å². The molecule has 0 heterocycles. The molecule has 134 valence electrons. The van der Waals surface area contributed by atoms with E-state index in [2.05, 4.69) is 10.6 Å². The lowest BCUT2D eigenvalue weighted by molar-refractivity contribution is 0.252. The molecule has 2 N–H and O–H groups in total. The van der Waals surface area contributed by atoms with E-state index < -0.39 is 0 Å². The molecule has 6 heteroatoms. The summed E-state index contributed by atoms with van der Waals surface area (Å²) in [6, 6.07) is 12.7. The van der Waals surface area contributed by atoms with Gasteiger partial charge in [0.15, 0.2) is 11.5 Å². The molecule has 0 aliphatic rings. The molecule has 2 aromatic carbocycles. The van der Waals surface area contributed by atoms with Gasteiger partial charge in [-0.25, -0.2) is 4.79 Å². The smallest absolute Gasteiger partial charge is 0.319 e. The first-order valence-electron chi connectivity index (χ1n) is 8.15. The van der Waals surface area contributed by atoms with Crippen LogP contribution in [0.3, 0.4) is 0 Å². The Morgan fingerprint density at radius 3 is 2.60 bits per heavy atom. The molecule has 2 amide bonds. The van der Waals surface area contributed by atoms with Crippen molar-refractivity contribution in [2.24, 2.45) is 0 Å². The monoisotopic (exact) mass is 344 g/mol.